The Morgan fingerprint density at radius 2 is 2.09 bits per heavy atom. The molecule has 0 radical (unpaired) electrons. The molecule has 2 aromatic rings. The lowest BCUT2D eigenvalue weighted by molar-refractivity contribution is -0.223. The molecule has 2 aromatic heterocycles. The minimum atomic E-state index is -4.56. The molecule has 1 fully saturated rings. The van der Waals surface area contributed by atoms with Crippen LogP contribution < -0.4 is 5.56 Å². The number of rotatable bonds is 3. The van der Waals surface area contributed by atoms with Gasteiger partial charge >= 0.3 is 6.18 Å². The van der Waals surface area contributed by atoms with Crippen LogP contribution in [0.5, 0.6) is 0 Å². The SMILES string of the molecule is O=c1cc(CN2CCC(C(O)C(F)(F)F)CC2)nc2sccn12. The van der Waals surface area contributed by atoms with Crippen LogP contribution in [0.4, 0.5) is 13.2 Å². The number of thiazole rings is 1. The fourth-order valence-electron chi connectivity index (χ4n) is 2.89. The molecule has 9 heteroatoms. The number of fused-ring (bicyclic) bond motifs is 1. The molecule has 0 aliphatic carbocycles. The van der Waals surface area contributed by atoms with Crippen molar-refractivity contribution in [3.63, 3.8) is 0 Å². The molecule has 0 aromatic carbocycles. The van der Waals surface area contributed by atoms with Crippen LogP contribution in [0.1, 0.15) is 18.5 Å². The highest BCUT2D eigenvalue weighted by molar-refractivity contribution is 7.15. The van der Waals surface area contributed by atoms with Crippen molar-refractivity contribution in [2.75, 3.05) is 13.1 Å². The smallest absolute Gasteiger partial charge is 0.383 e. The number of hydrogen-bond donors (Lipinski definition) is 1. The third kappa shape index (κ3) is 3.56. The van der Waals surface area contributed by atoms with Crippen LogP contribution in [0, 0.1) is 5.92 Å². The van der Waals surface area contributed by atoms with E-state index in [0.29, 0.717) is 30.3 Å². The van der Waals surface area contributed by atoms with E-state index < -0.39 is 18.2 Å². The molecule has 0 saturated carbocycles. The summed E-state index contributed by atoms with van der Waals surface area (Å²) >= 11 is 1.36. The number of likely N-dealkylation sites (tertiary alicyclic amines) is 1. The van der Waals surface area contributed by atoms with Gasteiger partial charge in [-0.1, -0.05) is 0 Å². The van der Waals surface area contributed by atoms with E-state index in [2.05, 4.69) is 4.98 Å². The zero-order valence-electron chi connectivity index (χ0n) is 12.2. The minimum absolute atomic E-state index is 0.159. The normalized spacial score (nSPS) is 19.3. The Labute approximate surface area is 134 Å². The van der Waals surface area contributed by atoms with Gasteiger partial charge in [-0.15, -0.1) is 11.3 Å². The second-order valence-corrected chi connectivity index (χ2v) is 6.61. The molecule has 3 heterocycles. The third-order valence-electron chi connectivity index (χ3n) is 4.16. The van der Waals surface area contributed by atoms with Gasteiger partial charge in [-0.25, -0.2) is 4.98 Å². The highest BCUT2D eigenvalue weighted by atomic mass is 32.1. The zero-order chi connectivity index (χ0) is 16.6. The number of alkyl halides is 3. The largest absolute Gasteiger partial charge is 0.414 e. The van der Waals surface area contributed by atoms with Crippen LogP contribution in [0.15, 0.2) is 22.4 Å². The third-order valence-corrected chi connectivity index (χ3v) is 4.91. The molecule has 3 rings (SSSR count). The van der Waals surface area contributed by atoms with E-state index in [1.165, 1.54) is 21.8 Å². The topological polar surface area (TPSA) is 57.8 Å². The van der Waals surface area contributed by atoms with Crippen LogP contribution >= 0.6 is 11.3 Å². The predicted octanol–water partition coefficient (Wildman–Crippen LogP) is 1.89. The molecule has 1 unspecified atom stereocenters. The summed E-state index contributed by atoms with van der Waals surface area (Å²) in [7, 11) is 0. The van der Waals surface area contributed by atoms with Gasteiger partial charge in [0.25, 0.3) is 5.56 Å². The lowest BCUT2D eigenvalue weighted by Gasteiger charge is -2.34. The Bertz CT molecular complexity index is 735. The van der Waals surface area contributed by atoms with E-state index in [1.807, 2.05) is 4.90 Å². The average Bonchev–Trinajstić information content (AvgIpc) is 2.95. The fraction of sp³-hybridized carbons (Fsp3) is 0.571. The van der Waals surface area contributed by atoms with Crippen molar-refractivity contribution in [1.82, 2.24) is 14.3 Å². The maximum atomic E-state index is 12.5. The number of halogens is 3. The van der Waals surface area contributed by atoms with Gasteiger partial charge in [0, 0.05) is 24.2 Å². The van der Waals surface area contributed by atoms with Gasteiger partial charge in [0.2, 0.25) is 0 Å². The van der Waals surface area contributed by atoms with Crippen molar-refractivity contribution in [3.05, 3.63) is 33.7 Å². The summed E-state index contributed by atoms with van der Waals surface area (Å²) in [6, 6.07) is 1.45. The second-order valence-electron chi connectivity index (χ2n) is 5.74. The zero-order valence-corrected chi connectivity index (χ0v) is 13.0. The molecule has 0 spiro atoms. The maximum Gasteiger partial charge on any atom is 0.414 e. The Balaban J connectivity index is 1.63. The number of aliphatic hydroxyl groups is 1. The molecule has 1 N–H and O–H groups in total. The van der Waals surface area contributed by atoms with Gasteiger partial charge in [0.15, 0.2) is 11.1 Å². The summed E-state index contributed by atoms with van der Waals surface area (Å²) in [5.74, 6) is -0.760. The van der Waals surface area contributed by atoms with E-state index in [4.69, 9.17) is 0 Å². The van der Waals surface area contributed by atoms with Gasteiger partial charge < -0.3 is 5.11 Å². The van der Waals surface area contributed by atoms with Crippen molar-refractivity contribution in [3.8, 4) is 0 Å². The van der Waals surface area contributed by atoms with E-state index in [-0.39, 0.29) is 18.4 Å². The lowest BCUT2D eigenvalue weighted by Crippen LogP contribution is -2.43. The summed E-state index contributed by atoms with van der Waals surface area (Å²) in [5.41, 5.74) is 0.459. The number of hydrogen-bond acceptors (Lipinski definition) is 5. The number of aromatic nitrogens is 2. The minimum Gasteiger partial charge on any atom is -0.383 e. The van der Waals surface area contributed by atoms with Crippen molar-refractivity contribution in [2.45, 2.75) is 31.7 Å². The molecule has 126 valence electrons. The molecule has 0 amide bonds. The number of piperidine rings is 1. The van der Waals surface area contributed by atoms with E-state index in [1.54, 1.807) is 11.6 Å². The number of nitrogens with zero attached hydrogens (tertiary/aromatic N) is 3. The standard InChI is InChI=1S/C14H16F3N3O2S/c15-14(16,17)12(22)9-1-3-19(4-2-9)8-10-7-11(21)20-5-6-23-13(20)18-10/h5-7,9,12,22H,1-4,8H2. The molecule has 23 heavy (non-hydrogen) atoms. The van der Waals surface area contributed by atoms with Crippen LogP contribution in [0.3, 0.4) is 0 Å². The molecule has 0 bridgehead atoms. The monoisotopic (exact) mass is 347 g/mol. The molecular weight excluding hydrogens is 331 g/mol. The van der Waals surface area contributed by atoms with Gasteiger partial charge in [-0.3, -0.25) is 14.1 Å². The summed E-state index contributed by atoms with van der Waals surface area (Å²) in [6.45, 7) is 1.32. The summed E-state index contributed by atoms with van der Waals surface area (Å²) in [5, 5.41) is 11.1. The van der Waals surface area contributed by atoms with Crippen molar-refractivity contribution < 1.29 is 18.3 Å². The Morgan fingerprint density at radius 3 is 2.74 bits per heavy atom. The van der Waals surface area contributed by atoms with E-state index >= 15 is 0 Å². The van der Waals surface area contributed by atoms with Crippen LogP contribution in [-0.4, -0.2) is 44.8 Å². The first kappa shape index (κ1) is 16.4. The van der Waals surface area contributed by atoms with Crippen molar-refractivity contribution in [1.29, 1.82) is 0 Å². The summed E-state index contributed by atoms with van der Waals surface area (Å²) in [6.07, 6.45) is -4.60. The van der Waals surface area contributed by atoms with E-state index in [9.17, 15) is 23.1 Å². The van der Waals surface area contributed by atoms with Crippen molar-refractivity contribution in [2.24, 2.45) is 5.92 Å². The molecule has 1 saturated heterocycles. The molecule has 1 aliphatic rings. The Morgan fingerprint density at radius 1 is 1.39 bits per heavy atom. The van der Waals surface area contributed by atoms with Crippen LogP contribution in [0.2, 0.25) is 0 Å². The van der Waals surface area contributed by atoms with Gasteiger partial charge in [0.1, 0.15) is 0 Å². The predicted molar refractivity (Wildman–Crippen MR) is 79.4 cm³/mol. The first-order chi connectivity index (χ1) is 10.8. The van der Waals surface area contributed by atoms with Gasteiger partial charge in [0.05, 0.1) is 5.69 Å². The Kier molecular flexibility index (Phi) is 4.43. The van der Waals surface area contributed by atoms with Crippen LogP contribution in [0.25, 0.3) is 4.96 Å². The molecule has 5 nitrogen and oxygen atoms in total. The first-order valence-electron chi connectivity index (χ1n) is 7.27. The summed E-state index contributed by atoms with van der Waals surface area (Å²) < 4.78 is 39.0. The van der Waals surface area contributed by atoms with Gasteiger partial charge in [-0.2, -0.15) is 13.2 Å². The molecule has 1 aliphatic heterocycles. The molecular formula is C14H16F3N3O2S. The maximum absolute atomic E-state index is 12.5. The Hall–Kier alpha value is -1.45. The summed E-state index contributed by atoms with van der Waals surface area (Å²) in [4.78, 5) is 18.9. The van der Waals surface area contributed by atoms with Gasteiger partial charge in [-0.05, 0) is 31.8 Å². The quantitative estimate of drug-likeness (QED) is 0.921. The fourth-order valence-corrected chi connectivity index (χ4v) is 3.63. The van der Waals surface area contributed by atoms with Crippen molar-refractivity contribution >= 4 is 16.3 Å². The lowest BCUT2D eigenvalue weighted by atomic mass is 9.91. The molecule has 1 atom stereocenters. The highest BCUT2D eigenvalue weighted by Crippen LogP contribution is 2.31. The number of aliphatic hydroxyl groups excluding tert-OH is 1. The highest BCUT2D eigenvalue weighted by Gasteiger charge is 2.44. The van der Waals surface area contributed by atoms with Crippen LogP contribution in [-0.2, 0) is 6.54 Å². The first-order valence-corrected chi connectivity index (χ1v) is 8.15. The second kappa shape index (κ2) is 6.21. The average molecular weight is 347 g/mol. The van der Waals surface area contributed by atoms with E-state index in [0.717, 1.165) is 0 Å².